The lowest BCUT2D eigenvalue weighted by molar-refractivity contribution is -0.605. The fourth-order valence-corrected chi connectivity index (χ4v) is 2.25. The zero-order valence-electron chi connectivity index (χ0n) is 8.74. The van der Waals surface area contributed by atoms with Gasteiger partial charge in [-0.05, 0) is 12.1 Å². The number of carbonyl (C=O) groups is 1. The van der Waals surface area contributed by atoms with E-state index in [1.165, 1.54) is 24.2 Å². The molecule has 2 rings (SSSR count). The van der Waals surface area contributed by atoms with E-state index >= 15 is 0 Å². The van der Waals surface area contributed by atoms with Gasteiger partial charge in [0, 0.05) is 21.9 Å². The smallest absolute Gasteiger partial charge is 0.336 e. The molecule has 0 spiro atoms. The van der Waals surface area contributed by atoms with Crippen LogP contribution in [0.5, 0.6) is 0 Å². The summed E-state index contributed by atoms with van der Waals surface area (Å²) in [7, 11) is 0. The Hall–Kier alpha value is -2.01. The Bertz CT molecular complexity index is 540. The molecule has 17 heavy (non-hydrogen) atoms. The zero-order valence-corrected chi connectivity index (χ0v) is 9.55. The standard InChI is InChI=1S/C12H9NO3S/c14-12(15)10-3-1-2-4-11(10)17-9-5-7-13(16)8-6-9/h1-8H,(H,14,15). The number of nitrogens with zero attached hydrogens (tertiary/aromatic N) is 1. The van der Waals surface area contributed by atoms with Crippen molar-refractivity contribution in [1.29, 1.82) is 0 Å². The van der Waals surface area contributed by atoms with Crippen molar-refractivity contribution in [2.45, 2.75) is 9.79 Å². The maximum atomic E-state index is 11.0. The summed E-state index contributed by atoms with van der Waals surface area (Å²) in [6.07, 6.45) is 2.76. The van der Waals surface area contributed by atoms with Crippen LogP contribution in [0.25, 0.3) is 0 Å². The topological polar surface area (TPSA) is 64.2 Å². The van der Waals surface area contributed by atoms with Crippen LogP contribution in [0.15, 0.2) is 58.6 Å². The highest BCUT2D eigenvalue weighted by molar-refractivity contribution is 7.99. The van der Waals surface area contributed by atoms with Crippen molar-refractivity contribution in [1.82, 2.24) is 0 Å². The van der Waals surface area contributed by atoms with Gasteiger partial charge in [-0.25, -0.2) is 4.79 Å². The van der Waals surface area contributed by atoms with Crippen LogP contribution in [0.2, 0.25) is 0 Å². The molecule has 1 heterocycles. The molecule has 0 unspecified atom stereocenters. The van der Waals surface area contributed by atoms with Crippen molar-refractivity contribution in [3.63, 3.8) is 0 Å². The summed E-state index contributed by atoms with van der Waals surface area (Å²) in [6.45, 7) is 0. The van der Waals surface area contributed by atoms with Gasteiger partial charge in [0.15, 0.2) is 12.4 Å². The van der Waals surface area contributed by atoms with Crippen molar-refractivity contribution < 1.29 is 14.6 Å². The molecule has 0 saturated carbocycles. The Balaban J connectivity index is 2.30. The molecule has 0 aliphatic rings. The van der Waals surface area contributed by atoms with E-state index in [0.29, 0.717) is 9.63 Å². The van der Waals surface area contributed by atoms with E-state index in [9.17, 15) is 10.0 Å². The van der Waals surface area contributed by atoms with Crippen molar-refractivity contribution >= 4 is 17.7 Å². The first-order valence-electron chi connectivity index (χ1n) is 4.86. The van der Waals surface area contributed by atoms with Crippen LogP contribution in [0.3, 0.4) is 0 Å². The predicted octanol–water partition coefficient (Wildman–Crippen LogP) is 2.17. The summed E-state index contributed by atoms with van der Waals surface area (Å²) in [4.78, 5) is 12.5. The number of rotatable bonds is 3. The summed E-state index contributed by atoms with van der Waals surface area (Å²) in [6, 6.07) is 10.1. The highest BCUT2D eigenvalue weighted by Gasteiger charge is 2.10. The lowest BCUT2D eigenvalue weighted by Gasteiger charge is -2.04. The third-order valence-electron chi connectivity index (χ3n) is 2.12. The lowest BCUT2D eigenvalue weighted by atomic mass is 10.2. The first-order valence-corrected chi connectivity index (χ1v) is 5.67. The molecule has 4 nitrogen and oxygen atoms in total. The molecule has 1 N–H and O–H groups in total. The molecule has 0 amide bonds. The van der Waals surface area contributed by atoms with E-state index in [4.69, 9.17) is 5.11 Å². The van der Waals surface area contributed by atoms with Gasteiger partial charge >= 0.3 is 5.97 Å². The minimum absolute atomic E-state index is 0.261. The molecule has 0 atom stereocenters. The molecule has 0 aliphatic carbocycles. The summed E-state index contributed by atoms with van der Waals surface area (Å²) >= 11 is 1.32. The summed E-state index contributed by atoms with van der Waals surface area (Å²) in [5.41, 5.74) is 0.261. The minimum Gasteiger partial charge on any atom is -0.619 e. The van der Waals surface area contributed by atoms with Gasteiger partial charge in [-0.15, -0.1) is 0 Å². The van der Waals surface area contributed by atoms with Gasteiger partial charge < -0.3 is 10.3 Å². The monoisotopic (exact) mass is 247 g/mol. The van der Waals surface area contributed by atoms with E-state index in [1.807, 2.05) is 0 Å². The van der Waals surface area contributed by atoms with Crippen LogP contribution in [-0.2, 0) is 0 Å². The first kappa shape index (κ1) is 11.5. The number of carboxylic acid groups (broad SMARTS) is 1. The molecule has 0 bridgehead atoms. The first-order chi connectivity index (χ1) is 8.16. The van der Waals surface area contributed by atoms with Crippen LogP contribution in [0.1, 0.15) is 10.4 Å². The van der Waals surface area contributed by atoms with Crippen LogP contribution in [0.4, 0.5) is 0 Å². The number of carboxylic acids is 1. The van der Waals surface area contributed by atoms with Crippen LogP contribution in [0, 0.1) is 5.21 Å². The van der Waals surface area contributed by atoms with Crippen molar-refractivity contribution in [3.8, 4) is 0 Å². The van der Waals surface area contributed by atoms with Gasteiger partial charge in [-0.2, -0.15) is 4.73 Å². The summed E-state index contributed by atoms with van der Waals surface area (Å²) < 4.78 is 0.688. The Labute approximate surface area is 102 Å². The van der Waals surface area contributed by atoms with E-state index < -0.39 is 5.97 Å². The second-order valence-electron chi connectivity index (χ2n) is 3.30. The van der Waals surface area contributed by atoms with Gasteiger partial charge in [0.1, 0.15) is 0 Å². The number of aromatic carboxylic acids is 1. The van der Waals surface area contributed by atoms with Crippen LogP contribution in [-0.4, -0.2) is 11.1 Å². The number of hydrogen-bond acceptors (Lipinski definition) is 3. The van der Waals surface area contributed by atoms with Gasteiger partial charge in [0.25, 0.3) is 0 Å². The van der Waals surface area contributed by atoms with Crippen molar-refractivity contribution in [2.75, 3.05) is 0 Å². The third-order valence-corrected chi connectivity index (χ3v) is 3.20. The van der Waals surface area contributed by atoms with E-state index in [1.54, 1.807) is 36.4 Å². The van der Waals surface area contributed by atoms with Crippen molar-refractivity contribution in [3.05, 3.63) is 59.6 Å². The van der Waals surface area contributed by atoms with E-state index in [2.05, 4.69) is 0 Å². The zero-order chi connectivity index (χ0) is 12.3. The Morgan fingerprint density at radius 1 is 1.18 bits per heavy atom. The molecule has 86 valence electrons. The SMILES string of the molecule is O=C(O)c1ccccc1Sc1cc[n+]([O-])cc1. The molecule has 0 aliphatic heterocycles. The quantitative estimate of drug-likeness (QED) is 0.667. The van der Waals surface area contributed by atoms with Gasteiger partial charge in [0.2, 0.25) is 0 Å². The predicted molar refractivity (Wildman–Crippen MR) is 62.9 cm³/mol. The number of aromatic nitrogens is 1. The maximum Gasteiger partial charge on any atom is 0.336 e. The van der Waals surface area contributed by atoms with E-state index in [-0.39, 0.29) is 5.56 Å². The summed E-state index contributed by atoms with van der Waals surface area (Å²) in [5.74, 6) is -0.956. The second kappa shape index (κ2) is 4.88. The highest BCUT2D eigenvalue weighted by Crippen LogP contribution is 2.29. The maximum absolute atomic E-state index is 11.0. The molecular formula is C12H9NO3S. The highest BCUT2D eigenvalue weighted by atomic mass is 32.2. The second-order valence-corrected chi connectivity index (χ2v) is 4.41. The molecule has 0 fully saturated rings. The Kier molecular flexibility index (Phi) is 3.30. The normalized spacial score (nSPS) is 10.1. The van der Waals surface area contributed by atoms with Crippen LogP contribution < -0.4 is 4.73 Å². The number of benzene rings is 1. The molecule has 0 saturated heterocycles. The average Bonchev–Trinajstić information content (AvgIpc) is 2.32. The number of pyridine rings is 1. The Morgan fingerprint density at radius 3 is 2.47 bits per heavy atom. The molecule has 5 heteroatoms. The van der Waals surface area contributed by atoms with Crippen LogP contribution >= 0.6 is 11.8 Å². The average molecular weight is 247 g/mol. The minimum atomic E-state index is -0.956. The van der Waals surface area contributed by atoms with E-state index in [0.717, 1.165) is 4.90 Å². The third kappa shape index (κ3) is 2.76. The Morgan fingerprint density at radius 2 is 1.82 bits per heavy atom. The fourth-order valence-electron chi connectivity index (χ4n) is 1.33. The van der Waals surface area contributed by atoms with Gasteiger partial charge in [-0.1, -0.05) is 23.9 Å². The van der Waals surface area contributed by atoms with Gasteiger partial charge in [-0.3, -0.25) is 0 Å². The number of hydrogen-bond donors (Lipinski definition) is 1. The molecular weight excluding hydrogens is 238 g/mol. The van der Waals surface area contributed by atoms with Crippen molar-refractivity contribution in [2.24, 2.45) is 0 Å². The molecule has 1 aromatic heterocycles. The molecule has 0 radical (unpaired) electrons. The summed E-state index contributed by atoms with van der Waals surface area (Å²) in [5, 5.41) is 19.9. The molecule has 1 aromatic carbocycles. The van der Waals surface area contributed by atoms with Gasteiger partial charge in [0.05, 0.1) is 5.56 Å². The largest absolute Gasteiger partial charge is 0.619 e. The lowest BCUT2D eigenvalue weighted by Crippen LogP contribution is -2.23. The fraction of sp³-hybridized carbons (Fsp3) is 0. The molecule has 2 aromatic rings.